The number of ether oxygens (including phenoxy) is 1. The molecule has 1 amide bonds. The highest BCUT2D eigenvalue weighted by molar-refractivity contribution is 5.80. The fourth-order valence-electron chi connectivity index (χ4n) is 5.10. The van der Waals surface area contributed by atoms with Gasteiger partial charge in [-0.15, -0.1) is 0 Å². The maximum Gasteiger partial charge on any atom is 0.298 e. The third-order valence-corrected chi connectivity index (χ3v) is 7.11. The minimum Gasteiger partial charge on any atom is -0.432 e. The van der Waals surface area contributed by atoms with Crippen LogP contribution in [-0.2, 0) is 16.0 Å². The van der Waals surface area contributed by atoms with Crippen molar-refractivity contribution in [1.82, 2.24) is 19.8 Å². The van der Waals surface area contributed by atoms with Gasteiger partial charge in [0.1, 0.15) is 30.0 Å². The highest BCUT2D eigenvalue weighted by Gasteiger charge is 2.41. The number of amides is 1. The number of carbonyl (C=O) groups excluding carboxylic acids is 1. The minimum absolute atomic E-state index is 0.0399. The number of anilines is 1. The van der Waals surface area contributed by atoms with Gasteiger partial charge < -0.3 is 15.0 Å². The number of aromatic nitrogens is 2. The van der Waals surface area contributed by atoms with Crippen LogP contribution in [-0.4, -0.2) is 50.8 Å². The smallest absolute Gasteiger partial charge is 0.298 e. The number of carbonyl (C=O) groups is 1. The maximum atomic E-state index is 13.5. The largest absolute Gasteiger partial charge is 0.432 e. The lowest BCUT2D eigenvalue weighted by Gasteiger charge is -2.32. The molecule has 0 saturated carbocycles. The lowest BCUT2D eigenvalue weighted by molar-refractivity contribution is -0.131. The molecule has 0 radical (unpaired) electrons. The summed E-state index contributed by atoms with van der Waals surface area (Å²) in [6.45, 7) is 1.25. The second kappa shape index (κ2) is 10.2. The zero-order chi connectivity index (χ0) is 26.1. The molecule has 194 valence electrons. The van der Waals surface area contributed by atoms with Crippen molar-refractivity contribution < 1.29 is 18.3 Å². The number of rotatable bonds is 6. The Labute approximate surface area is 218 Å². The van der Waals surface area contributed by atoms with Gasteiger partial charge >= 0.3 is 0 Å². The summed E-state index contributed by atoms with van der Waals surface area (Å²) in [5.41, 5.74) is 2.43. The molecule has 1 fully saturated rings. The van der Waals surface area contributed by atoms with Gasteiger partial charge in [-0.05, 0) is 54.3 Å². The van der Waals surface area contributed by atoms with Crippen molar-refractivity contribution in [2.75, 3.05) is 18.4 Å². The maximum absolute atomic E-state index is 13.5. The number of likely N-dealkylation sites (tertiary alicyclic amines) is 1. The summed E-state index contributed by atoms with van der Waals surface area (Å²) < 4.78 is 32.2. The molecule has 3 aromatic rings. The third kappa shape index (κ3) is 4.93. The number of piperidine rings is 1. The average molecular weight is 517 g/mol. The van der Waals surface area contributed by atoms with Crippen LogP contribution in [0.25, 0.3) is 0 Å². The summed E-state index contributed by atoms with van der Waals surface area (Å²) in [7, 11) is 0. The van der Waals surface area contributed by atoms with Crippen LogP contribution in [0.4, 0.5) is 14.7 Å². The summed E-state index contributed by atoms with van der Waals surface area (Å²) in [5.74, 6) is -0.0622. The van der Waals surface area contributed by atoms with Gasteiger partial charge in [-0.1, -0.05) is 24.3 Å². The molecule has 1 N–H and O–H groups in total. The van der Waals surface area contributed by atoms with Crippen LogP contribution in [0.2, 0.25) is 0 Å². The first-order chi connectivity index (χ1) is 18.5. The number of nitrogens with zero attached hydrogens (tertiary/aromatic N) is 5. The second-order valence-electron chi connectivity index (χ2n) is 9.57. The number of aliphatic imine (C=N–C) groups is 1. The van der Waals surface area contributed by atoms with E-state index in [1.807, 2.05) is 22.1 Å². The molecule has 0 spiro atoms. The summed E-state index contributed by atoms with van der Waals surface area (Å²) >= 11 is 0. The van der Waals surface area contributed by atoms with Crippen molar-refractivity contribution in [3.63, 3.8) is 0 Å². The molecule has 2 unspecified atom stereocenters. The van der Waals surface area contributed by atoms with Gasteiger partial charge in [0, 0.05) is 31.5 Å². The molecule has 10 heteroatoms. The molecule has 0 bridgehead atoms. The molecule has 38 heavy (non-hydrogen) atoms. The van der Waals surface area contributed by atoms with Crippen molar-refractivity contribution in [3.05, 3.63) is 102 Å². The monoisotopic (exact) mass is 516 g/mol. The molecule has 6 rings (SSSR count). The molecular formula is C28H26F2N6O2. The molecule has 3 aliphatic rings. The Morgan fingerprint density at radius 3 is 2.45 bits per heavy atom. The Balaban J connectivity index is 1.11. The Morgan fingerprint density at radius 2 is 1.71 bits per heavy atom. The SMILES string of the molecule is O=C(Cc1ccc(F)cc1)N1CCC(Nc2nccc(C3C(c4ccc(F)cc4)N=C4OC=CN43)n2)CC1. The average Bonchev–Trinajstić information content (AvgIpc) is 3.53. The van der Waals surface area contributed by atoms with Gasteiger partial charge in [0.2, 0.25) is 11.9 Å². The second-order valence-corrected chi connectivity index (χ2v) is 9.57. The van der Waals surface area contributed by atoms with E-state index in [4.69, 9.17) is 14.7 Å². The number of benzene rings is 2. The normalized spacial score (nSPS) is 20.7. The number of fused-ring (bicyclic) bond motifs is 1. The van der Waals surface area contributed by atoms with Crippen molar-refractivity contribution in [2.24, 2.45) is 4.99 Å². The predicted octanol–water partition coefficient (Wildman–Crippen LogP) is 4.36. The number of nitrogens with one attached hydrogen (secondary N) is 1. The van der Waals surface area contributed by atoms with E-state index in [-0.39, 0.29) is 42.1 Å². The third-order valence-electron chi connectivity index (χ3n) is 7.11. The first-order valence-electron chi connectivity index (χ1n) is 12.6. The fourth-order valence-corrected chi connectivity index (χ4v) is 5.10. The highest BCUT2D eigenvalue weighted by Crippen LogP contribution is 2.43. The van der Waals surface area contributed by atoms with Gasteiger partial charge in [-0.25, -0.2) is 23.7 Å². The lowest BCUT2D eigenvalue weighted by Crippen LogP contribution is -2.43. The number of halogens is 2. The van der Waals surface area contributed by atoms with Gasteiger partial charge in [-0.3, -0.25) is 9.69 Å². The van der Waals surface area contributed by atoms with E-state index in [2.05, 4.69) is 10.3 Å². The predicted molar refractivity (Wildman–Crippen MR) is 137 cm³/mol. The van der Waals surface area contributed by atoms with Crippen molar-refractivity contribution in [1.29, 1.82) is 0 Å². The first-order valence-corrected chi connectivity index (χ1v) is 12.6. The van der Waals surface area contributed by atoms with Crippen LogP contribution in [0, 0.1) is 11.6 Å². The van der Waals surface area contributed by atoms with Gasteiger partial charge in [0.05, 0.1) is 12.1 Å². The Morgan fingerprint density at radius 1 is 1.00 bits per heavy atom. The first kappa shape index (κ1) is 24.0. The summed E-state index contributed by atoms with van der Waals surface area (Å²) in [6.07, 6.45) is 6.91. The van der Waals surface area contributed by atoms with Crippen LogP contribution in [0.15, 0.2) is 78.2 Å². The summed E-state index contributed by atoms with van der Waals surface area (Å²) in [4.78, 5) is 30.4. The van der Waals surface area contributed by atoms with E-state index in [1.165, 1.54) is 24.3 Å². The van der Waals surface area contributed by atoms with Crippen LogP contribution >= 0.6 is 0 Å². The van der Waals surface area contributed by atoms with Crippen molar-refractivity contribution in [3.8, 4) is 0 Å². The summed E-state index contributed by atoms with van der Waals surface area (Å²) in [6, 6.07) is 14.2. The molecule has 1 aromatic heterocycles. The lowest BCUT2D eigenvalue weighted by atomic mass is 9.97. The van der Waals surface area contributed by atoms with Gasteiger partial charge in [0.25, 0.3) is 6.02 Å². The van der Waals surface area contributed by atoms with E-state index in [9.17, 15) is 13.6 Å². The Hall–Kier alpha value is -4.34. The quantitative estimate of drug-likeness (QED) is 0.525. The molecule has 4 heterocycles. The Kier molecular flexibility index (Phi) is 6.45. The molecule has 0 aliphatic carbocycles. The van der Waals surface area contributed by atoms with Crippen molar-refractivity contribution in [2.45, 2.75) is 37.4 Å². The van der Waals surface area contributed by atoms with E-state index in [0.29, 0.717) is 25.1 Å². The van der Waals surface area contributed by atoms with E-state index >= 15 is 0 Å². The van der Waals surface area contributed by atoms with E-state index in [0.717, 1.165) is 29.7 Å². The topological polar surface area (TPSA) is 83.0 Å². The van der Waals surface area contributed by atoms with Gasteiger partial charge in [0.15, 0.2) is 0 Å². The van der Waals surface area contributed by atoms with Crippen LogP contribution in [0.3, 0.4) is 0 Å². The zero-order valence-corrected chi connectivity index (χ0v) is 20.5. The van der Waals surface area contributed by atoms with Crippen LogP contribution < -0.4 is 5.32 Å². The van der Waals surface area contributed by atoms with Crippen molar-refractivity contribution >= 4 is 17.9 Å². The van der Waals surface area contributed by atoms with Crippen LogP contribution in [0.5, 0.6) is 0 Å². The molecule has 8 nitrogen and oxygen atoms in total. The zero-order valence-electron chi connectivity index (χ0n) is 20.5. The molecule has 1 saturated heterocycles. The molecule has 2 atom stereocenters. The Bertz CT molecular complexity index is 1370. The van der Waals surface area contributed by atoms with E-state index < -0.39 is 0 Å². The van der Waals surface area contributed by atoms with Gasteiger partial charge in [-0.2, -0.15) is 0 Å². The van der Waals surface area contributed by atoms with E-state index in [1.54, 1.807) is 36.7 Å². The molecular weight excluding hydrogens is 490 g/mol. The standard InChI is InChI=1S/C28H26F2N6O2/c29-20-5-1-18(2-6-20)17-24(37)35-13-10-22(11-14-35)32-27-31-12-9-23(33-27)26-25(19-3-7-21(30)8-4-19)34-28-36(26)15-16-38-28/h1-9,12,15-16,22,25-26H,10-11,13-14,17H2,(H,31,32,33). The number of hydrogen-bond donors (Lipinski definition) is 1. The highest BCUT2D eigenvalue weighted by atomic mass is 19.1. The molecule has 3 aliphatic heterocycles. The number of hydrogen-bond acceptors (Lipinski definition) is 7. The minimum atomic E-state index is -0.311. The number of amidine groups is 1. The molecule has 2 aromatic carbocycles. The van der Waals surface area contributed by atoms with Crippen LogP contribution in [0.1, 0.15) is 41.7 Å². The fraction of sp³-hybridized carbons (Fsp3) is 0.286. The summed E-state index contributed by atoms with van der Waals surface area (Å²) in [5, 5.41) is 3.43.